The number of nitrogens with zero attached hydrogens (tertiary/aromatic N) is 1. The number of hydrogen-bond acceptors (Lipinski definition) is 11. The molecule has 0 spiro atoms. The van der Waals surface area contributed by atoms with E-state index in [4.69, 9.17) is 24.2 Å². The van der Waals surface area contributed by atoms with E-state index in [0.717, 1.165) is 16.8 Å². The summed E-state index contributed by atoms with van der Waals surface area (Å²) in [5, 5.41) is 10.4. The van der Waals surface area contributed by atoms with E-state index in [0.29, 0.717) is 0 Å². The molecule has 1 aromatic rings. The highest BCUT2D eigenvalue weighted by Gasteiger charge is 2.63. The number of aromatic nitrogens is 2. The van der Waals surface area contributed by atoms with Gasteiger partial charge in [0.15, 0.2) is 6.23 Å². The highest BCUT2D eigenvalue weighted by Crippen LogP contribution is 2.66. The highest BCUT2D eigenvalue weighted by atomic mass is 31.3. The summed E-state index contributed by atoms with van der Waals surface area (Å²) < 4.78 is 57.2. The number of H-pyrrole nitrogens is 1. The summed E-state index contributed by atoms with van der Waals surface area (Å²) >= 11 is 0. The minimum atomic E-state index is -5.72. The van der Waals surface area contributed by atoms with Crippen molar-refractivity contribution >= 4 is 23.5 Å². The predicted octanol–water partition coefficient (Wildman–Crippen LogP) is -2.09. The van der Waals surface area contributed by atoms with E-state index >= 15 is 0 Å². The number of phosphoric acid groups is 3. The van der Waals surface area contributed by atoms with Crippen LogP contribution >= 0.6 is 23.5 Å². The summed E-state index contributed by atoms with van der Waals surface area (Å²) in [4.78, 5) is 60.7. The van der Waals surface area contributed by atoms with Crippen molar-refractivity contribution in [3.8, 4) is 0 Å². The monoisotopic (exact) mass is 496 g/mol. The first-order valence-electron chi connectivity index (χ1n) is 7.70. The molecule has 0 aromatic carbocycles. The lowest BCUT2D eigenvalue weighted by Gasteiger charge is -2.31. The number of hydrogen-bond donors (Lipinski definition) is 6. The molecule has 30 heavy (non-hydrogen) atoms. The molecule has 3 heterocycles. The maximum atomic E-state index is 11.9. The van der Waals surface area contributed by atoms with Crippen molar-refractivity contribution in [1.29, 1.82) is 0 Å². The molecule has 2 unspecified atom stereocenters. The first-order valence-corrected chi connectivity index (χ1v) is 12.2. The molecule has 6 atom stereocenters. The molecule has 170 valence electrons. The van der Waals surface area contributed by atoms with Crippen molar-refractivity contribution in [2.45, 2.75) is 24.0 Å². The van der Waals surface area contributed by atoms with Gasteiger partial charge in [-0.15, -0.1) is 0 Å². The summed E-state index contributed by atoms with van der Waals surface area (Å²) in [5.41, 5.74) is -3.40. The number of ether oxygens (including phenoxy) is 2. The van der Waals surface area contributed by atoms with Crippen LogP contribution < -0.4 is 11.2 Å². The Hall–Kier alpha value is -1.03. The third-order valence-electron chi connectivity index (χ3n) is 4.02. The number of rotatable bonds is 8. The summed E-state index contributed by atoms with van der Waals surface area (Å²) in [6.07, 6.45) is -2.84. The average Bonchev–Trinajstić information content (AvgIpc) is 3.00. The predicted molar refractivity (Wildman–Crippen MR) is 89.7 cm³/mol. The molecule has 20 heteroatoms. The van der Waals surface area contributed by atoms with Gasteiger partial charge in [0.05, 0.1) is 13.2 Å². The van der Waals surface area contributed by atoms with Crippen LogP contribution in [0.4, 0.5) is 0 Å². The fourth-order valence-electron chi connectivity index (χ4n) is 2.86. The second-order valence-corrected chi connectivity index (χ2v) is 10.6. The van der Waals surface area contributed by atoms with E-state index < -0.39 is 65.4 Å². The number of fused-ring (bicyclic) bond motifs is 2. The molecular weight excluding hydrogens is 481 g/mol. The molecule has 0 radical (unpaired) electrons. The van der Waals surface area contributed by atoms with Gasteiger partial charge in [-0.25, -0.2) is 18.5 Å². The van der Waals surface area contributed by atoms with E-state index in [-0.39, 0.29) is 6.61 Å². The fraction of sp³-hybridized carbons (Fsp3) is 0.600. The van der Waals surface area contributed by atoms with Gasteiger partial charge in [0, 0.05) is 12.3 Å². The summed E-state index contributed by atoms with van der Waals surface area (Å²) in [7, 11) is -16.7. The Morgan fingerprint density at radius 1 is 1.17 bits per heavy atom. The molecule has 2 bridgehead atoms. The summed E-state index contributed by atoms with van der Waals surface area (Å²) in [5.74, 6) is 0. The maximum Gasteiger partial charge on any atom is 0.490 e. The van der Waals surface area contributed by atoms with Crippen LogP contribution in [0.1, 0.15) is 6.23 Å². The number of phosphoric ester groups is 1. The van der Waals surface area contributed by atoms with Gasteiger partial charge in [-0.05, 0) is 0 Å². The molecular formula is C10H15N2O15P3. The van der Waals surface area contributed by atoms with Crippen LogP contribution in [0.5, 0.6) is 0 Å². The van der Waals surface area contributed by atoms with Gasteiger partial charge in [-0.1, -0.05) is 0 Å². The van der Waals surface area contributed by atoms with E-state index in [1.54, 1.807) is 0 Å². The van der Waals surface area contributed by atoms with Gasteiger partial charge in [0.25, 0.3) is 5.56 Å². The number of nitrogens with one attached hydrogen (secondary N) is 1. The Labute approximate surface area is 165 Å². The first kappa shape index (κ1) is 23.6. The number of aliphatic hydroxyl groups is 1. The third-order valence-corrected chi connectivity index (χ3v) is 7.80. The molecule has 6 N–H and O–H groups in total. The quantitative estimate of drug-likeness (QED) is 0.211. The van der Waals surface area contributed by atoms with Crippen LogP contribution in [0.3, 0.4) is 0 Å². The smallest absolute Gasteiger partial charge is 0.387 e. The summed E-state index contributed by atoms with van der Waals surface area (Å²) in [6.45, 7) is -1.35. The number of aliphatic hydroxyl groups excluding tert-OH is 1. The molecule has 2 fully saturated rings. The van der Waals surface area contributed by atoms with Gasteiger partial charge in [0.2, 0.25) is 0 Å². The minimum Gasteiger partial charge on any atom is -0.387 e. The summed E-state index contributed by atoms with van der Waals surface area (Å²) in [6, 6.07) is 1.00. The fourth-order valence-corrected chi connectivity index (χ4v) is 5.94. The van der Waals surface area contributed by atoms with E-state index in [2.05, 4.69) is 13.1 Å². The van der Waals surface area contributed by atoms with Crippen LogP contribution in [0.25, 0.3) is 0 Å². The van der Waals surface area contributed by atoms with Crippen molar-refractivity contribution < 1.29 is 61.0 Å². The molecule has 2 aliphatic rings. The zero-order valence-corrected chi connectivity index (χ0v) is 17.1. The van der Waals surface area contributed by atoms with Crippen molar-refractivity contribution in [2.24, 2.45) is 0 Å². The molecule has 2 saturated heterocycles. The SMILES string of the molecule is O=c1ccn([C@@H]2O[C@@]3(COP(=O)(O)OP(=O)(O)OP(=O)(O)O)CO[C@@H]2[C@@H]3O)c(=O)[nH]1. The normalized spacial score (nSPS) is 32.6. The Morgan fingerprint density at radius 3 is 2.43 bits per heavy atom. The van der Waals surface area contributed by atoms with Gasteiger partial charge < -0.3 is 34.2 Å². The average molecular weight is 496 g/mol. The first-order chi connectivity index (χ1) is 13.6. The second-order valence-electron chi connectivity index (χ2n) is 6.18. The lowest BCUT2D eigenvalue weighted by Crippen LogP contribution is -2.45. The Bertz CT molecular complexity index is 1080. The molecule has 3 rings (SSSR count). The second kappa shape index (κ2) is 7.83. The van der Waals surface area contributed by atoms with Gasteiger partial charge in [-0.3, -0.25) is 18.9 Å². The molecule has 0 saturated carbocycles. The lowest BCUT2D eigenvalue weighted by atomic mass is 10.0. The van der Waals surface area contributed by atoms with E-state index in [9.17, 15) is 33.3 Å². The highest BCUT2D eigenvalue weighted by molar-refractivity contribution is 7.66. The van der Waals surface area contributed by atoms with Crippen molar-refractivity contribution in [3.05, 3.63) is 33.1 Å². The molecule has 0 aliphatic carbocycles. The van der Waals surface area contributed by atoms with Gasteiger partial charge in [0.1, 0.15) is 17.8 Å². The van der Waals surface area contributed by atoms with Crippen molar-refractivity contribution in [2.75, 3.05) is 13.2 Å². The molecule has 1 aromatic heterocycles. The lowest BCUT2D eigenvalue weighted by molar-refractivity contribution is -0.186. The van der Waals surface area contributed by atoms with E-state index in [1.807, 2.05) is 4.98 Å². The molecule has 0 amide bonds. The Kier molecular flexibility index (Phi) is 6.17. The van der Waals surface area contributed by atoms with Crippen molar-refractivity contribution in [3.63, 3.8) is 0 Å². The molecule has 17 nitrogen and oxygen atoms in total. The standard InChI is InChI=1S/C10H15N2O15P3/c13-5-1-2-12(9(15)11-5)8-6-7(14)10(25-8,3-23-6)4-24-29(19,20)27-30(21,22)26-28(16,17)18/h1-2,6-8,14H,3-4H2,(H,19,20)(H,21,22)(H,11,13,15)(H2,16,17,18)/t6-,7+,8-,10-/m1/s1. The third kappa shape index (κ3) is 5.06. The van der Waals surface area contributed by atoms with Crippen LogP contribution in [0.15, 0.2) is 21.9 Å². The largest absolute Gasteiger partial charge is 0.490 e. The topological polar surface area (TPSA) is 253 Å². The van der Waals surface area contributed by atoms with Crippen LogP contribution in [0.2, 0.25) is 0 Å². The van der Waals surface area contributed by atoms with Crippen LogP contribution in [0, 0.1) is 0 Å². The maximum absolute atomic E-state index is 11.9. The van der Waals surface area contributed by atoms with Crippen molar-refractivity contribution in [1.82, 2.24) is 9.55 Å². The zero-order valence-electron chi connectivity index (χ0n) is 14.4. The Balaban J connectivity index is 1.73. The Morgan fingerprint density at radius 2 is 1.83 bits per heavy atom. The van der Waals surface area contributed by atoms with Crippen LogP contribution in [-0.2, 0) is 36.3 Å². The van der Waals surface area contributed by atoms with E-state index in [1.165, 1.54) is 0 Å². The zero-order chi connectivity index (χ0) is 22.5. The van der Waals surface area contributed by atoms with Gasteiger partial charge in [-0.2, -0.15) is 8.62 Å². The minimum absolute atomic E-state index is 0.386. The molecule has 2 aliphatic heterocycles. The van der Waals surface area contributed by atoms with Crippen LogP contribution in [-0.4, -0.2) is 65.3 Å². The number of aromatic amines is 1. The van der Waals surface area contributed by atoms with Gasteiger partial charge >= 0.3 is 29.2 Å².